The molecule has 26 heavy (non-hydrogen) atoms. The Kier molecular flexibility index (Phi) is 4.99. The highest BCUT2D eigenvalue weighted by atomic mass is 16.5. The van der Waals surface area contributed by atoms with Gasteiger partial charge in [-0.15, -0.1) is 0 Å². The number of rotatable bonds is 4. The zero-order chi connectivity index (χ0) is 18.7. The van der Waals surface area contributed by atoms with Crippen LogP contribution in [-0.2, 0) is 10.2 Å². The van der Waals surface area contributed by atoms with E-state index in [2.05, 4.69) is 50.0 Å². The van der Waals surface area contributed by atoms with Crippen LogP contribution in [0.2, 0.25) is 0 Å². The van der Waals surface area contributed by atoms with Gasteiger partial charge in [0, 0.05) is 5.69 Å². The predicted molar refractivity (Wildman–Crippen MR) is 106 cm³/mol. The van der Waals surface area contributed by atoms with E-state index in [4.69, 9.17) is 4.74 Å². The lowest BCUT2D eigenvalue weighted by Gasteiger charge is -2.19. The Morgan fingerprint density at radius 1 is 0.962 bits per heavy atom. The summed E-state index contributed by atoms with van der Waals surface area (Å²) in [7, 11) is 0. The van der Waals surface area contributed by atoms with Crippen LogP contribution in [0, 0.1) is 0 Å². The third kappa shape index (κ3) is 3.72. The molecule has 134 valence electrons. The monoisotopic (exact) mass is 347 g/mol. The highest BCUT2D eigenvalue weighted by Gasteiger charge is 2.19. The third-order valence-corrected chi connectivity index (χ3v) is 4.44. The lowest BCUT2D eigenvalue weighted by Crippen LogP contribution is -2.10. The maximum atomic E-state index is 12.4. The standard InChI is InChI=1S/C23H25NO2/c1-5-26-22(25)19-15-20(24-21(19)17-9-7-6-8-10-17)16-11-13-18(14-12-16)23(2,3)4/h6-15,24H,5H2,1-4H3. The molecule has 0 bridgehead atoms. The molecule has 0 saturated heterocycles. The van der Waals surface area contributed by atoms with Crippen molar-refractivity contribution < 1.29 is 9.53 Å². The van der Waals surface area contributed by atoms with E-state index >= 15 is 0 Å². The molecule has 0 saturated carbocycles. The Morgan fingerprint density at radius 2 is 1.62 bits per heavy atom. The number of ether oxygens (including phenoxy) is 1. The summed E-state index contributed by atoms with van der Waals surface area (Å²) in [6, 6.07) is 20.2. The van der Waals surface area contributed by atoms with Crippen LogP contribution in [0.5, 0.6) is 0 Å². The van der Waals surface area contributed by atoms with Crippen molar-refractivity contribution in [1.82, 2.24) is 4.98 Å². The lowest BCUT2D eigenvalue weighted by atomic mass is 9.86. The quantitative estimate of drug-likeness (QED) is 0.604. The number of aromatic amines is 1. The molecular formula is C23H25NO2. The van der Waals surface area contributed by atoms with Crippen molar-refractivity contribution in [1.29, 1.82) is 0 Å². The van der Waals surface area contributed by atoms with E-state index in [-0.39, 0.29) is 11.4 Å². The molecular weight excluding hydrogens is 322 g/mol. The van der Waals surface area contributed by atoms with E-state index in [1.165, 1.54) is 5.56 Å². The van der Waals surface area contributed by atoms with Gasteiger partial charge < -0.3 is 9.72 Å². The fourth-order valence-electron chi connectivity index (χ4n) is 2.96. The molecule has 3 heteroatoms. The number of nitrogens with one attached hydrogen (secondary N) is 1. The van der Waals surface area contributed by atoms with Crippen molar-refractivity contribution in [2.45, 2.75) is 33.1 Å². The second-order valence-corrected chi connectivity index (χ2v) is 7.39. The van der Waals surface area contributed by atoms with E-state index in [1.807, 2.05) is 43.3 Å². The molecule has 2 aromatic carbocycles. The first kappa shape index (κ1) is 18.0. The minimum absolute atomic E-state index is 0.111. The number of esters is 1. The summed E-state index contributed by atoms with van der Waals surface area (Å²) in [6.07, 6.45) is 0. The van der Waals surface area contributed by atoms with E-state index in [0.29, 0.717) is 12.2 Å². The second kappa shape index (κ2) is 7.20. The molecule has 3 aromatic rings. The highest BCUT2D eigenvalue weighted by molar-refractivity contribution is 5.98. The molecule has 0 radical (unpaired) electrons. The number of carbonyl (C=O) groups excluding carboxylic acids is 1. The highest BCUT2D eigenvalue weighted by Crippen LogP contribution is 2.31. The van der Waals surface area contributed by atoms with Crippen LogP contribution >= 0.6 is 0 Å². The van der Waals surface area contributed by atoms with Gasteiger partial charge in [0.25, 0.3) is 0 Å². The van der Waals surface area contributed by atoms with Gasteiger partial charge in [0.2, 0.25) is 0 Å². The number of aromatic nitrogens is 1. The predicted octanol–water partition coefficient (Wildman–Crippen LogP) is 5.82. The van der Waals surface area contributed by atoms with Gasteiger partial charge in [-0.3, -0.25) is 0 Å². The molecule has 0 amide bonds. The van der Waals surface area contributed by atoms with E-state index < -0.39 is 0 Å². The summed E-state index contributed by atoms with van der Waals surface area (Å²) in [4.78, 5) is 15.8. The summed E-state index contributed by atoms with van der Waals surface area (Å²) in [5.41, 5.74) is 5.67. The molecule has 0 aliphatic rings. The molecule has 1 aromatic heterocycles. The molecule has 0 atom stereocenters. The van der Waals surface area contributed by atoms with Gasteiger partial charge in [-0.05, 0) is 35.1 Å². The average molecular weight is 347 g/mol. The van der Waals surface area contributed by atoms with Crippen LogP contribution in [-0.4, -0.2) is 17.6 Å². The van der Waals surface area contributed by atoms with Crippen molar-refractivity contribution in [3.8, 4) is 22.5 Å². The number of benzene rings is 2. The summed E-state index contributed by atoms with van der Waals surface area (Å²) in [6.45, 7) is 8.77. The van der Waals surface area contributed by atoms with E-state index in [0.717, 1.165) is 22.5 Å². The largest absolute Gasteiger partial charge is 0.462 e. The van der Waals surface area contributed by atoms with Crippen LogP contribution in [0.1, 0.15) is 43.6 Å². The first-order valence-corrected chi connectivity index (χ1v) is 8.96. The first-order chi connectivity index (χ1) is 12.4. The minimum atomic E-state index is -0.305. The summed E-state index contributed by atoms with van der Waals surface area (Å²) < 4.78 is 5.24. The van der Waals surface area contributed by atoms with Crippen molar-refractivity contribution in [3.63, 3.8) is 0 Å². The molecule has 3 nitrogen and oxygen atoms in total. The Morgan fingerprint density at radius 3 is 2.19 bits per heavy atom. The van der Waals surface area contributed by atoms with Gasteiger partial charge >= 0.3 is 5.97 Å². The number of H-pyrrole nitrogens is 1. The Hall–Kier alpha value is -2.81. The van der Waals surface area contributed by atoms with Gasteiger partial charge in [-0.2, -0.15) is 0 Å². The van der Waals surface area contributed by atoms with E-state index in [1.54, 1.807) is 0 Å². The van der Waals surface area contributed by atoms with Crippen molar-refractivity contribution >= 4 is 5.97 Å². The zero-order valence-electron chi connectivity index (χ0n) is 15.8. The van der Waals surface area contributed by atoms with Crippen LogP contribution in [0.15, 0.2) is 60.7 Å². The summed E-state index contributed by atoms with van der Waals surface area (Å²) in [5, 5.41) is 0. The molecule has 0 unspecified atom stereocenters. The molecule has 0 aliphatic carbocycles. The smallest absolute Gasteiger partial charge is 0.340 e. The van der Waals surface area contributed by atoms with Gasteiger partial charge in [-0.25, -0.2) is 4.79 Å². The number of hydrogen-bond acceptors (Lipinski definition) is 2. The summed E-state index contributed by atoms with van der Waals surface area (Å²) >= 11 is 0. The normalized spacial score (nSPS) is 11.4. The summed E-state index contributed by atoms with van der Waals surface area (Å²) in [5.74, 6) is -0.305. The zero-order valence-corrected chi connectivity index (χ0v) is 15.8. The van der Waals surface area contributed by atoms with Gasteiger partial charge in [0.1, 0.15) is 0 Å². The van der Waals surface area contributed by atoms with Crippen LogP contribution < -0.4 is 0 Å². The fourth-order valence-corrected chi connectivity index (χ4v) is 2.96. The van der Waals surface area contributed by atoms with Crippen molar-refractivity contribution in [2.24, 2.45) is 0 Å². The average Bonchev–Trinajstić information content (AvgIpc) is 3.07. The Labute approximate surface area is 155 Å². The molecule has 0 aliphatic heterocycles. The van der Waals surface area contributed by atoms with Gasteiger partial charge in [-0.1, -0.05) is 75.4 Å². The molecule has 1 N–H and O–H groups in total. The third-order valence-electron chi connectivity index (χ3n) is 4.44. The van der Waals surface area contributed by atoms with Gasteiger partial charge in [0.15, 0.2) is 0 Å². The fraction of sp³-hybridized carbons (Fsp3) is 0.261. The van der Waals surface area contributed by atoms with Crippen LogP contribution in [0.25, 0.3) is 22.5 Å². The number of hydrogen-bond donors (Lipinski definition) is 1. The van der Waals surface area contributed by atoms with Crippen molar-refractivity contribution in [3.05, 3.63) is 71.8 Å². The van der Waals surface area contributed by atoms with Gasteiger partial charge in [0.05, 0.1) is 17.9 Å². The molecule has 3 rings (SSSR count). The Bertz CT molecular complexity index is 884. The van der Waals surface area contributed by atoms with Crippen LogP contribution in [0.4, 0.5) is 0 Å². The maximum absolute atomic E-state index is 12.4. The molecule has 0 spiro atoms. The van der Waals surface area contributed by atoms with Crippen molar-refractivity contribution in [2.75, 3.05) is 6.61 Å². The lowest BCUT2D eigenvalue weighted by molar-refractivity contribution is 0.0527. The SMILES string of the molecule is CCOC(=O)c1cc(-c2ccc(C(C)(C)C)cc2)[nH]c1-c1ccccc1. The number of carbonyl (C=O) groups is 1. The Balaban J connectivity index is 2.05. The first-order valence-electron chi connectivity index (χ1n) is 8.96. The van der Waals surface area contributed by atoms with Crippen LogP contribution in [0.3, 0.4) is 0 Å². The molecule has 0 fully saturated rings. The molecule has 1 heterocycles. The minimum Gasteiger partial charge on any atom is -0.462 e. The topological polar surface area (TPSA) is 42.1 Å². The second-order valence-electron chi connectivity index (χ2n) is 7.39. The maximum Gasteiger partial charge on any atom is 0.340 e. The van der Waals surface area contributed by atoms with E-state index in [9.17, 15) is 4.79 Å².